The minimum absolute atomic E-state index is 0.0510. The summed E-state index contributed by atoms with van der Waals surface area (Å²) in [7, 11) is 1.70. The molecule has 1 saturated heterocycles. The molecule has 0 spiro atoms. The van der Waals surface area contributed by atoms with Crippen LogP contribution in [-0.4, -0.2) is 42.8 Å². The summed E-state index contributed by atoms with van der Waals surface area (Å²) in [6.07, 6.45) is 2.11. The van der Waals surface area contributed by atoms with E-state index < -0.39 is 0 Å². The second-order valence-electron chi connectivity index (χ2n) is 5.92. The van der Waals surface area contributed by atoms with E-state index in [0.29, 0.717) is 17.9 Å². The highest BCUT2D eigenvalue weighted by molar-refractivity contribution is 6.51. The number of carbonyl (C=O) groups is 1. The van der Waals surface area contributed by atoms with Crippen LogP contribution in [0.1, 0.15) is 28.8 Å². The molecule has 0 unspecified atom stereocenters. The van der Waals surface area contributed by atoms with Gasteiger partial charge in [-0.15, -0.1) is 0 Å². The Morgan fingerprint density at radius 3 is 2.33 bits per heavy atom. The van der Waals surface area contributed by atoms with E-state index in [1.165, 1.54) is 0 Å². The van der Waals surface area contributed by atoms with Gasteiger partial charge in [-0.05, 0) is 12.8 Å². The first-order valence-electron chi connectivity index (χ1n) is 8.29. The van der Waals surface area contributed by atoms with Crippen LogP contribution >= 0.6 is 0 Å². The van der Waals surface area contributed by atoms with Crippen molar-refractivity contribution in [1.29, 1.82) is 0 Å². The lowest BCUT2D eigenvalue weighted by Crippen LogP contribution is -2.31. The molecule has 4 heteroatoms. The number of benzene rings is 2. The van der Waals surface area contributed by atoms with Gasteiger partial charge >= 0.3 is 0 Å². The van der Waals surface area contributed by atoms with Gasteiger partial charge in [0.2, 0.25) is 5.78 Å². The third-order valence-electron chi connectivity index (χ3n) is 4.23. The van der Waals surface area contributed by atoms with Crippen molar-refractivity contribution < 1.29 is 9.53 Å². The molecule has 1 heterocycles. The first kappa shape index (κ1) is 16.4. The Bertz CT molecular complexity index is 698. The molecule has 0 saturated carbocycles. The first-order valence-corrected chi connectivity index (χ1v) is 8.29. The van der Waals surface area contributed by atoms with Crippen molar-refractivity contribution in [3.63, 3.8) is 0 Å². The Labute approximate surface area is 142 Å². The van der Waals surface area contributed by atoms with Crippen LogP contribution < -0.4 is 0 Å². The second kappa shape index (κ2) is 7.88. The number of methoxy groups -OCH3 is 1. The van der Waals surface area contributed by atoms with Gasteiger partial charge in [0.1, 0.15) is 5.71 Å². The van der Waals surface area contributed by atoms with E-state index in [-0.39, 0.29) is 11.8 Å². The number of Topliss-reactive ketones (excluding diaryl/α,β-unsaturated/α-hetero) is 1. The lowest BCUT2D eigenvalue weighted by atomic mass is 10.0. The van der Waals surface area contributed by atoms with Crippen molar-refractivity contribution >= 4 is 11.5 Å². The zero-order valence-corrected chi connectivity index (χ0v) is 13.9. The minimum atomic E-state index is -0.0510. The number of nitrogens with zero attached hydrogens (tertiary/aromatic N) is 2. The maximum atomic E-state index is 13.0. The van der Waals surface area contributed by atoms with E-state index >= 15 is 0 Å². The number of ketones is 1. The second-order valence-corrected chi connectivity index (χ2v) is 5.92. The van der Waals surface area contributed by atoms with E-state index in [2.05, 4.69) is 0 Å². The summed E-state index contributed by atoms with van der Waals surface area (Å²) in [5.74, 6) is -0.0510. The Hall–Kier alpha value is -2.46. The number of ether oxygens (including phenoxy) is 1. The predicted molar refractivity (Wildman–Crippen MR) is 95.4 cm³/mol. The molecule has 124 valence electrons. The Balaban J connectivity index is 1.96. The van der Waals surface area contributed by atoms with Crippen LogP contribution in [0.25, 0.3) is 0 Å². The Morgan fingerprint density at radius 1 is 1.08 bits per heavy atom. The Morgan fingerprint density at radius 2 is 1.71 bits per heavy atom. The molecule has 2 aromatic carbocycles. The zero-order valence-electron chi connectivity index (χ0n) is 13.9. The van der Waals surface area contributed by atoms with Crippen LogP contribution in [0.4, 0.5) is 0 Å². The van der Waals surface area contributed by atoms with Gasteiger partial charge in [0, 0.05) is 24.8 Å². The monoisotopic (exact) mass is 322 g/mol. The van der Waals surface area contributed by atoms with E-state index in [1.54, 1.807) is 7.11 Å². The molecule has 2 aromatic rings. The average molecular weight is 322 g/mol. The standard InChI is InChI=1S/C20H22N2O2/c1-24-15-18-13-8-14-22(18)21-19(16-9-4-2-5-10-16)20(23)17-11-6-3-7-12-17/h2-7,9-12,18H,8,13-15H2,1H3/b21-19-/t18-/m0/s1. The number of hydrazone groups is 1. The molecule has 1 aliphatic heterocycles. The first-order chi connectivity index (χ1) is 11.8. The largest absolute Gasteiger partial charge is 0.382 e. The van der Waals surface area contributed by atoms with Crippen LogP contribution in [0.2, 0.25) is 0 Å². The van der Waals surface area contributed by atoms with Gasteiger partial charge in [-0.3, -0.25) is 9.80 Å². The summed E-state index contributed by atoms with van der Waals surface area (Å²) in [4.78, 5) is 13.0. The van der Waals surface area contributed by atoms with Gasteiger partial charge in [0.25, 0.3) is 0 Å². The van der Waals surface area contributed by atoms with Crippen LogP contribution in [0, 0.1) is 0 Å². The quantitative estimate of drug-likeness (QED) is 0.605. The van der Waals surface area contributed by atoms with Crippen molar-refractivity contribution in [1.82, 2.24) is 5.01 Å². The number of carbonyl (C=O) groups excluding carboxylic acids is 1. The molecule has 3 rings (SSSR count). The van der Waals surface area contributed by atoms with Gasteiger partial charge in [0.15, 0.2) is 0 Å². The van der Waals surface area contributed by atoms with Crippen molar-refractivity contribution in [2.45, 2.75) is 18.9 Å². The highest BCUT2D eigenvalue weighted by Gasteiger charge is 2.25. The summed E-state index contributed by atoms with van der Waals surface area (Å²) < 4.78 is 5.29. The lowest BCUT2D eigenvalue weighted by Gasteiger charge is -2.22. The molecule has 1 aliphatic rings. The fraction of sp³-hybridized carbons (Fsp3) is 0.300. The number of hydrogen-bond acceptors (Lipinski definition) is 4. The van der Waals surface area contributed by atoms with Crippen LogP contribution in [0.15, 0.2) is 65.8 Å². The fourth-order valence-electron chi connectivity index (χ4n) is 3.00. The van der Waals surface area contributed by atoms with Crippen LogP contribution in [-0.2, 0) is 4.74 Å². The SMILES string of the molecule is COC[C@@H]1CCCN1/N=C(\C(=O)c1ccccc1)c1ccccc1. The van der Waals surface area contributed by atoms with Gasteiger partial charge in [-0.2, -0.15) is 5.10 Å². The van der Waals surface area contributed by atoms with Crippen molar-refractivity contribution in [2.75, 3.05) is 20.3 Å². The summed E-state index contributed by atoms with van der Waals surface area (Å²) >= 11 is 0. The molecular formula is C20H22N2O2. The molecule has 0 bridgehead atoms. The summed E-state index contributed by atoms with van der Waals surface area (Å²) in [5, 5.41) is 6.75. The molecule has 4 nitrogen and oxygen atoms in total. The summed E-state index contributed by atoms with van der Waals surface area (Å²) in [6.45, 7) is 1.48. The molecule has 24 heavy (non-hydrogen) atoms. The van der Waals surface area contributed by atoms with Crippen molar-refractivity contribution in [3.8, 4) is 0 Å². The number of rotatable bonds is 6. The molecule has 1 fully saturated rings. The third kappa shape index (κ3) is 3.71. The molecule has 0 N–H and O–H groups in total. The molecule has 0 radical (unpaired) electrons. The molecular weight excluding hydrogens is 300 g/mol. The zero-order chi connectivity index (χ0) is 16.8. The van der Waals surface area contributed by atoms with E-state index in [4.69, 9.17) is 9.84 Å². The topological polar surface area (TPSA) is 41.9 Å². The molecule has 1 atom stereocenters. The van der Waals surface area contributed by atoms with Gasteiger partial charge in [-0.1, -0.05) is 60.7 Å². The molecule has 0 aromatic heterocycles. The molecule has 0 amide bonds. The highest BCUT2D eigenvalue weighted by atomic mass is 16.5. The maximum Gasteiger partial charge on any atom is 0.213 e. The smallest absolute Gasteiger partial charge is 0.213 e. The lowest BCUT2D eigenvalue weighted by molar-refractivity contribution is 0.104. The van der Waals surface area contributed by atoms with E-state index in [0.717, 1.165) is 24.9 Å². The minimum Gasteiger partial charge on any atom is -0.382 e. The van der Waals surface area contributed by atoms with Crippen molar-refractivity contribution in [3.05, 3.63) is 71.8 Å². The average Bonchev–Trinajstić information content (AvgIpc) is 3.08. The molecule has 0 aliphatic carbocycles. The third-order valence-corrected chi connectivity index (χ3v) is 4.23. The van der Waals surface area contributed by atoms with E-state index in [1.807, 2.05) is 65.7 Å². The van der Waals surface area contributed by atoms with Gasteiger partial charge in [0.05, 0.1) is 12.6 Å². The van der Waals surface area contributed by atoms with Crippen LogP contribution in [0.5, 0.6) is 0 Å². The summed E-state index contributed by atoms with van der Waals surface area (Å²) in [6, 6.07) is 19.2. The predicted octanol–water partition coefficient (Wildman–Crippen LogP) is 3.38. The van der Waals surface area contributed by atoms with Crippen molar-refractivity contribution in [2.24, 2.45) is 5.10 Å². The van der Waals surface area contributed by atoms with Gasteiger partial charge in [-0.25, -0.2) is 0 Å². The number of hydrogen-bond donors (Lipinski definition) is 0. The van der Waals surface area contributed by atoms with E-state index in [9.17, 15) is 4.79 Å². The fourth-order valence-corrected chi connectivity index (χ4v) is 3.00. The highest BCUT2D eigenvalue weighted by Crippen LogP contribution is 2.19. The van der Waals surface area contributed by atoms with Crippen LogP contribution in [0.3, 0.4) is 0 Å². The normalized spacial score (nSPS) is 18.0. The Kier molecular flexibility index (Phi) is 5.39. The maximum absolute atomic E-state index is 13.0. The summed E-state index contributed by atoms with van der Waals surface area (Å²) in [5.41, 5.74) is 1.99. The van der Waals surface area contributed by atoms with Gasteiger partial charge < -0.3 is 4.74 Å².